The van der Waals surface area contributed by atoms with E-state index in [-0.39, 0.29) is 17.4 Å². The van der Waals surface area contributed by atoms with Crippen LogP contribution in [-0.2, 0) is 0 Å². The molecule has 0 saturated heterocycles. The average molecular weight is 373 g/mol. The molecular formula is C19H21F2N5O. The van der Waals surface area contributed by atoms with Gasteiger partial charge in [0.05, 0.1) is 5.56 Å². The number of carbonyl (C=O) groups is 1. The Labute approximate surface area is 155 Å². The molecule has 1 amide bonds. The number of H-pyrrole nitrogens is 1. The average Bonchev–Trinajstić information content (AvgIpc) is 3.26. The SMILES string of the molecule is CC1CCC(c2nc(NC(=O)c3ccn4cccnc34)c(C(F)F)[nH]2)CC1. The van der Waals surface area contributed by atoms with Crippen molar-refractivity contribution in [3.05, 3.63) is 47.8 Å². The van der Waals surface area contributed by atoms with Crippen LogP contribution in [0.5, 0.6) is 0 Å². The number of anilines is 1. The Morgan fingerprint density at radius 2 is 2.07 bits per heavy atom. The number of carbonyl (C=O) groups excluding carboxylic acids is 1. The molecule has 0 radical (unpaired) electrons. The van der Waals surface area contributed by atoms with Crippen molar-refractivity contribution in [3.8, 4) is 0 Å². The number of imidazole rings is 1. The zero-order valence-electron chi connectivity index (χ0n) is 15.0. The minimum Gasteiger partial charge on any atom is -0.339 e. The maximum Gasteiger partial charge on any atom is 0.281 e. The minimum atomic E-state index is -2.74. The van der Waals surface area contributed by atoms with Crippen molar-refractivity contribution in [3.63, 3.8) is 0 Å². The molecule has 1 aliphatic rings. The van der Waals surface area contributed by atoms with Crippen LogP contribution in [0.25, 0.3) is 5.65 Å². The van der Waals surface area contributed by atoms with Crippen LogP contribution >= 0.6 is 0 Å². The van der Waals surface area contributed by atoms with Gasteiger partial charge in [-0.3, -0.25) is 4.79 Å². The van der Waals surface area contributed by atoms with Gasteiger partial charge in [0.25, 0.3) is 12.3 Å². The first-order chi connectivity index (χ1) is 13.0. The Morgan fingerprint density at radius 3 is 2.81 bits per heavy atom. The summed E-state index contributed by atoms with van der Waals surface area (Å²) >= 11 is 0. The summed E-state index contributed by atoms with van der Waals surface area (Å²) in [5.41, 5.74) is 0.436. The van der Waals surface area contributed by atoms with Gasteiger partial charge in [-0.2, -0.15) is 0 Å². The third-order valence-electron chi connectivity index (χ3n) is 5.26. The van der Waals surface area contributed by atoms with Crippen LogP contribution in [0.4, 0.5) is 14.6 Å². The van der Waals surface area contributed by atoms with Crippen molar-refractivity contribution in [1.82, 2.24) is 19.4 Å². The van der Waals surface area contributed by atoms with E-state index in [1.807, 2.05) is 0 Å². The number of nitrogens with one attached hydrogen (secondary N) is 2. The normalized spacial score (nSPS) is 20.3. The molecule has 6 nitrogen and oxygen atoms in total. The van der Waals surface area contributed by atoms with E-state index in [0.717, 1.165) is 25.7 Å². The van der Waals surface area contributed by atoms with Crippen LogP contribution in [0, 0.1) is 5.92 Å². The summed E-state index contributed by atoms with van der Waals surface area (Å²) in [4.78, 5) is 23.9. The molecule has 0 unspecified atom stereocenters. The van der Waals surface area contributed by atoms with Crippen LogP contribution in [-0.4, -0.2) is 25.3 Å². The van der Waals surface area contributed by atoms with Crippen LogP contribution in [0.1, 0.15) is 66.8 Å². The van der Waals surface area contributed by atoms with Crippen molar-refractivity contribution >= 4 is 17.4 Å². The summed E-state index contributed by atoms with van der Waals surface area (Å²) in [6, 6.07) is 3.35. The summed E-state index contributed by atoms with van der Waals surface area (Å²) < 4.78 is 28.7. The van der Waals surface area contributed by atoms with Gasteiger partial charge < -0.3 is 14.7 Å². The lowest BCUT2D eigenvalue weighted by Crippen LogP contribution is -2.14. The topological polar surface area (TPSA) is 75.1 Å². The van der Waals surface area contributed by atoms with Gasteiger partial charge in [0, 0.05) is 24.5 Å². The molecule has 2 N–H and O–H groups in total. The Kier molecular flexibility index (Phi) is 4.63. The fourth-order valence-electron chi connectivity index (χ4n) is 3.68. The number of alkyl halides is 2. The van der Waals surface area contributed by atoms with E-state index < -0.39 is 12.3 Å². The largest absolute Gasteiger partial charge is 0.339 e. The number of aromatic amines is 1. The van der Waals surface area contributed by atoms with Gasteiger partial charge in [0.1, 0.15) is 17.2 Å². The predicted molar refractivity (Wildman–Crippen MR) is 97.1 cm³/mol. The molecule has 0 aromatic carbocycles. The molecule has 0 aliphatic heterocycles. The maximum absolute atomic E-state index is 13.5. The molecule has 3 aromatic rings. The number of hydrogen-bond acceptors (Lipinski definition) is 3. The van der Waals surface area contributed by atoms with Crippen molar-refractivity contribution < 1.29 is 13.6 Å². The highest BCUT2D eigenvalue weighted by Crippen LogP contribution is 2.36. The molecule has 4 rings (SSSR count). The van der Waals surface area contributed by atoms with Crippen LogP contribution in [0.15, 0.2) is 30.7 Å². The van der Waals surface area contributed by atoms with Gasteiger partial charge >= 0.3 is 0 Å². The Bertz CT molecular complexity index is 956. The van der Waals surface area contributed by atoms with Gasteiger partial charge in [0.2, 0.25) is 0 Å². The van der Waals surface area contributed by atoms with E-state index in [0.29, 0.717) is 23.0 Å². The molecule has 0 bridgehead atoms. The fourth-order valence-corrected chi connectivity index (χ4v) is 3.68. The van der Waals surface area contributed by atoms with E-state index in [1.165, 1.54) is 0 Å². The molecule has 27 heavy (non-hydrogen) atoms. The van der Waals surface area contributed by atoms with Crippen molar-refractivity contribution in [2.24, 2.45) is 5.92 Å². The van der Waals surface area contributed by atoms with E-state index >= 15 is 0 Å². The smallest absolute Gasteiger partial charge is 0.281 e. The highest BCUT2D eigenvalue weighted by Gasteiger charge is 2.27. The van der Waals surface area contributed by atoms with Gasteiger partial charge in [0.15, 0.2) is 5.82 Å². The van der Waals surface area contributed by atoms with Crippen molar-refractivity contribution in [2.75, 3.05) is 5.32 Å². The summed E-state index contributed by atoms with van der Waals surface area (Å²) in [5.74, 6) is 0.710. The van der Waals surface area contributed by atoms with Crippen molar-refractivity contribution in [1.29, 1.82) is 0 Å². The highest BCUT2D eigenvalue weighted by molar-refractivity contribution is 6.08. The second kappa shape index (κ2) is 7.09. The van der Waals surface area contributed by atoms with Gasteiger partial charge in [-0.1, -0.05) is 19.8 Å². The lowest BCUT2D eigenvalue weighted by Gasteiger charge is -2.24. The first kappa shape index (κ1) is 17.6. The molecule has 0 atom stereocenters. The lowest BCUT2D eigenvalue weighted by atomic mass is 9.83. The Balaban J connectivity index is 1.60. The quantitative estimate of drug-likeness (QED) is 0.705. The van der Waals surface area contributed by atoms with Gasteiger partial charge in [-0.05, 0) is 30.9 Å². The zero-order valence-corrected chi connectivity index (χ0v) is 15.0. The highest BCUT2D eigenvalue weighted by atomic mass is 19.3. The van der Waals surface area contributed by atoms with Crippen molar-refractivity contribution in [2.45, 2.75) is 45.0 Å². The number of rotatable bonds is 4. The second-order valence-electron chi connectivity index (χ2n) is 7.18. The third-order valence-corrected chi connectivity index (χ3v) is 5.26. The van der Waals surface area contributed by atoms with E-state index in [9.17, 15) is 13.6 Å². The first-order valence-electron chi connectivity index (χ1n) is 9.14. The number of aromatic nitrogens is 4. The monoisotopic (exact) mass is 373 g/mol. The summed E-state index contributed by atoms with van der Waals surface area (Å²) in [7, 11) is 0. The van der Waals surface area contributed by atoms with E-state index in [4.69, 9.17) is 0 Å². The van der Waals surface area contributed by atoms with E-state index in [2.05, 4.69) is 27.2 Å². The fraction of sp³-hybridized carbons (Fsp3) is 0.421. The second-order valence-corrected chi connectivity index (χ2v) is 7.18. The number of hydrogen-bond donors (Lipinski definition) is 2. The molecule has 8 heteroatoms. The lowest BCUT2D eigenvalue weighted by molar-refractivity contribution is 0.102. The molecule has 3 aromatic heterocycles. The summed E-state index contributed by atoms with van der Waals surface area (Å²) in [5, 5.41) is 2.54. The summed E-state index contributed by atoms with van der Waals surface area (Å²) in [6.45, 7) is 2.20. The minimum absolute atomic E-state index is 0.0982. The third kappa shape index (κ3) is 3.43. The zero-order chi connectivity index (χ0) is 19.0. The molecule has 3 heterocycles. The van der Waals surface area contributed by atoms with Crippen LogP contribution in [0.2, 0.25) is 0 Å². The molecule has 1 saturated carbocycles. The number of amides is 1. The number of fused-ring (bicyclic) bond motifs is 1. The van der Waals surface area contributed by atoms with Crippen LogP contribution < -0.4 is 5.32 Å². The molecule has 142 valence electrons. The Hall–Kier alpha value is -2.77. The van der Waals surface area contributed by atoms with Gasteiger partial charge in [-0.25, -0.2) is 18.7 Å². The van der Waals surface area contributed by atoms with Gasteiger partial charge in [-0.15, -0.1) is 0 Å². The van der Waals surface area contributed by atoms with Crippen LogP contribution in [0.3, 0.4) is 0 Å². The molecule has 1 fully saturated rings. The molecule has 0 spiro atoms. The standard InChI is InChI=1S/C19H21F2N5O/c1-11-3-5-12(6-4-11)16-23-14(15(20)21)17(24-16)25-19(27)13-7-10-26-9-2-8-22-18(13)26/h2,7-12,15H,3-6H2,1H3,(H,23,24)(H,25,27). The molecule has 1 aliphatic carbocycles. The number of halogens is 2. The van der Waals surface area contributed by atoms with E-state index in [1.54, 1.807) is 35.1 Å². The summed E-state index contributed by atoms with van der Waals surface area (Å²) in [6.07, 6.45) is 6.24. The predicted octanol–water partition coefficient (Wildman–Crippen LogP) is 4.54. The number of nitrogens with zero attached hydrogens (tertiary/aromatic N) is 3. The maximum atomic E-state index is 13.5. The first-order valence-corrected chi connectivity index (χ1v) is 9.14. The Morgan fingerprint density at radius 1 is 1.30 bits per heavy atom. The molecular weight excluding hydrogens is 352 g/mol.